The van der Waals surface area contributed by atoms with Crippen LogP contribution in [0, 0.1) is 56.2 Å². The normalized spacial score (nSPS) is 49.3. The summed E-state index contributed by atoms with van der Waals surface area (Å²) in [5, 5.41) is 0. The Morgan fingerprint density at radius 3 is 2.12 bits per heavy atom. The fourth-order valence-corrected chi connectivity index (χ4v) is 14.4. The number of hydrogen-bond donors (Lipinski definition) is 0. The van der Waals surface area contributed by atoms with Gasteiger partial charge in [0.05, 0.1) is 18.8 Å². The predicted molar refractivity (Wildman–Crippen MR) is 190 cm³/mol. The summed E-state index contributed by atoms with van der Waals surface area (Å²) in [6.45, 7) is 22.6. The molecule has 5 aliphatic carbocycles. The summed E-state index contributed by atoms with van der Waals surface area (Å²) in [7, 11) is 0. The second kappa shape index (κ2) is 12.7. The zero-order valence-corrected chi connectivity index (χ0v) is 33.1. The first-order valence-electron chi connectivity index (χ1n) is 20.2. The lowest BCUT2D eigenvalue weighted by molar-refractivity contribution is -0.305. The summed E-state index contributed by atoms with van der Waals surface area (Å²) in [5.41, 5.74) is 1.33. The van der Waals surface area contributed by atoms with E-state index < -0.39 is 42.5 Å². The predicted octanol–water partition coefficient (Wildman–Crippen LogP) is 7.80. The summed E-state index contributed by atoms with van der Waals surface area (Å²) < 4.78 is 36.7. The molecule has 51 heavy (non-hydrogen) atoms. The highest BCUT2D eigenvalue weighted by atomic mass is 16.7. The molecule has 9 nitrogen and oxygen atoms in total. The quantitative estimate of drug-likeness (QED) is 0.155. The number of fused-ring (bicyclic) bond motifs is 5. The molecular formula is C42H66O9. The van der Waals surface area contributed by atoms with Crippen molar-refractivity contribution in [2.45, 2.75) is 177 Å². The van der Waals surface area contributed by atoms with Gasteiger partial charge in [-0.15, -0.1) is 0 Å². The molecule has 288 valence electrons. The molecule has 14 atom stereocenters. The third-order valence-corrected chi connectivity index (χ3v) is 16.9. The van der Waals surface area contributed by atoms with E-state index in [4.69, 9.17) is 28.4 Å². The van der Waals surface area contributed by atoms with E-state index in [2.05, 4.69) is 48.5 Å². The van der Waals surface area contributed by atoms with Crippen LogP contribution in [0.4, 0.5) is 0 Å². The molecule has 7 fully saturated rings. The highest BCUT2D eigenvalue weighted by molar-refractivity contribution is 5.67. The van der Waals surface area contributed by atoms with Crippen LogP contribution in [0.2, 0.25) is 0 Å². The van der Waals surface area contributed by atoms with E-state index in [9.17, 15) is 14.4 Å². The van der Waals surface area contributed by atoms with Crippen molar-refractivity contribution in [2.24, 2.45) is 56.2 Å². The van der Waals surface area contributed by atoms with Gasteiger partial charge in [-0.2, -0.15) is 0 Å². The second-order valence-electron chi connectivity index (χ2n) is 20.1. The molecule has 2 aliphatic heterocycles. The van der Waals surface area contributed by atoms with Crippen molar-refractivity contribution in [2.75, 3.05) is 13.2 Å². The van der Waals surface area contributed by atoms with E-state index in [0.29, 0.717) is 34.7 Å². The van der Waals surface area contributed by atoms with Crippen LogP contribution in [0.1, 0.15) is 140 Å². The van der Waals surface area contributed by atoms with Crippen molar-refractivity contribution in [3.8, 4) is 0 Å². The van der Waals surface area contributed by atoms with Gasteiger partial charge < -0.3 is 28.4 Å². The monoisotopic (exact) mass is 714 g/mol. The van der Waals surface area contributed by atoms with Crippen molar-refractivity contribution >= 4 is 17.9 Å². The average Bonchev–Trinajstić information content (AvgIpc) is 3.36. The van der Waals surface area contributed by atoms with Gasteiger partial charge in [0.15, 0.2) is 12.4 Å². The largest absolute Gasteiger partial charge is 0.463 e. The molecule has 7 rings (SSSR count). The fraction of sp³-hybridized carbons (Fsp3) is 0.929. The molecule has 9 heteroatoms. The highest BCUT2D eigenvalue weighted by Crippen LogP contribution is 2.78. The minimum absolute atomic E-state index is 0.0683. The third-order valence-electron chi connectivity index (χ3n) is 16.9. The van der Waals surface area contributed by atoms with Crippen LogP contribution in [-0.2, 0) is 42.8 Å². The first kappa shape index (κ1) is 37.6. The lowest BCUT2D eigenvalue weighted by Crippen LogP contribution is -2.68. The fourth-order valence-electron chi connectivity index (χ4n) is 14.4. The van der Waals surface area contributed by atoms with E-state index in [1.807, 2.05) is 0 Å². The maximum Gasteiger partial charge on any atom is 0.303 e. The lowest BCUT2D eigenvalue weighted by atomic mass is 9.31. The molecule has 0 amide bonds. The first-order valence-corrected chi connectivity index (χ1v) is 20.2. The van der Waals surface area contributed by atoms with Crippen LogP contribution in [0.25, 0.3) is 0 Å². The Morgan fingerprint density at radius 2 is 1.43 bits per heavy atom. The maximum atomic E-state index is 12.2. The minimum Gasteiger partial charge on any atom is -0.463 e. The molecule has 2 bridgehead atoms. The Kier molecular flexibility index (Phi) is 9.35. The maximum absolute atomic E-state index is 12.2. The summed E-state index contributed by atoms with van der Waals surface area (Å²) in [6, 6.07) is 0. The van der Waals surface area contributed by atoms with Gasteiger partial charge in [0.1, 0.15) is 18.8 Å². The molecule has 0 N–H and O–H groups in total. The Labute approximate surface area is 306 Å². The number of ether oxygens (including phenoxy) is 6. The minimum atomic E-state index is -0.906. The van der Waals surface area contributed by atoms with Gasteiger partial charge >= 0.3 is 17.9 Å². The van der Waals surface area contributed by atoms with Gasteiger partial charge in [-0.3, -0.25) is 14.4 Å². The van der Waals surface area contributed by atoms with Crippen LogP contribution in [0.15, 0.2) is 0 Å². The van der Waals surface area contributed by atoms with Gasteiger partial charge in [0.2, 0.25) is 0 Å². The number of carbonyl (C=O) groups excluding carboxylic acids is 3. The van der Waals surface area contributed by atoms with Crippen molar-refractivity contribution < 1.29 is 42.8 Å². The third kappa shape index (κ3) is 5.82. The van der Waals surface area contributed by atoms with E-state index >= 15 is 0 Å². The molecule has 0 aromatic carbocycles. The Bertz CT molecular complexity index is 1390. The van der Waals surface area contributed by atoms with Crippen molar-refractivity contribution in [3.63, 3.8) is 0 Å². The average molecular weight is 715 g/mol. The molecule has 7 aliphatic rings. The summed E-state index contributed by atoms with van der Waals surface area (Å²) in [5.74, 6) is 1.10. The lowest BCUT2D eigenvalue weighted by Gasteiger charge is -2.73. The van der Waals surface area contributed by atoms with Crippen LogP contribution in [0.3, 0.4) is 0 Å². The molecule has 0 radical (unpaired) electrons. The molecule has 0 aromatic heterocycles. The number of rotatable bonds is 6. The van der Waals surface area contributed by atoms with Gasteiger partial charge in [-0.05, 0) is 120 Å². The Balaban J connectivity index is 1.11. The molecular weight excluding hydrogens is 648 g/mol. The van der Waals surface area contributed by atoms with E-state index in [-0.39, 0.29) is 40.8 Å². The number of carbonyl (C=O) groups is 3. The second-order valence-corrected chi connectivity index (χ2v) is 20.1. The first-order chi connectivity index (χ1) is 23.8. The Hall–Kier alpha value is -1.71. The molecule has 2 heterocycles. The van der Waals surface area contributed by atoms with Crippen molar-refractivity contribution in [1.82, 2.24) is 0 Å². The van der Waals surface area contributed by atoms with Crippen molar-refractivity contribution in [1.29, 1.82) is 0 Å². The van der Waals surface area contributed by atoms with Crippen molar-refractivity contribution in [3.05, 3.63) is 0 Å². The smallest absolute Gasteiger partial charge is 0.303 e. The summed E-state index contributed by atoms with van der Waals surface area (Å²) >= 11 is 0. The van der Waals surface area contributed by atoms with E-state index in [0.717, 1.165) is 25.4 Å². The SMILES string of the molecule is CC(=O)OC[C@H]1O[C@H](O[C@H]2CC[C@]3(C)[C@H]4CC[C@@H]5[C@H]6[C@H]7OC[C@@]6(CCC7(C)C)CC[C@@]5(C)[C@]4(C)CC[C@H]3C2(C)C)C[C@@H](OC(C)=O)[C@@H]1OC(C)=O. The highest BCUT2D eigenvalue weighted by Gasteiger charge is 2.73. The summed E-state index contributed by atoms with van der Waals surface area (Å²) in [4.78, 5) is 36.0. The topological polar surface area (TPSA) is 107 Å². The molecule has 2 saturated heterocycles. The van der Waals surface area contributed by atoms with Gasteiger partial charge in [0.25, 0.3) is 0 Å². The zero-order chi connectivity index (χ0) is 36.9. The summed E-state index contributed by atoms with van der Waals surface area (Å²) in [6.07, 6.45) is 9.72. The Morgan fingerprint density at radius 1 is 0.725 bits per heavy atom. The van der Waals surface area contributed by atoms with Crippen LogP contribution >= 0.6 is 0 Å². The molecule has 5 saturated carbocycles. The van der Waals surface area contributed by atoms with Crippen LogP contribution < -0.4 is 0 Å². The molecule has 0 aromatic rings. The van der Waals surface area contributed by atoms with Gasteiger partial charge in [0, 0.05) is 27.2 Å². The van der Waals surface area contributed by atoms with Gasteiger partial charge in [-0.25, -0.2) is 0 Å². The van der Waals surface area contributed by atoms with E-state index in [1.54, 1.807) is 0 Å². The van der Waals surface area contributed by atoms with Crippen LogP contribution in [0.5, 0.6) is 0 Å². The zero-order valence-electron chi connectivity index (χ0n) is 33.1. The molecule has 0 spiro atoms. The standard InChI is InChI=1S/C42H66O9/c1-24(43)46-22-29-35(49-26(3)45)28(48-25(2)44)21-33(50-29)51-32-14-15-39(8)30(38(32,6)7)13-16-41(10)31(39)12-11-27-34-36-37(4,5)17-19-42(34,23-47-36)20-18-40(27,41)9/h27-36H,11-23H2,1-10H3/t27-,28-,29-,30+,31-,32+,33-,34+,35+,36-,39+,40-,41-,42-/m1/s1. The van der Waals surface area contributed by atoms with E-state index in [1.165, 1.54) is 72.1 Å². The number of hydrogen-bond acceptors (Lipinski definition) is 9. The van der Waals surface area contributed by atoms with Gasteiger partial charge in [-0.1, -0.05) is 48.5 Å². The van der Waals surface area contributed by atoms with Crippen LogP contribution in [-0.4, -0.2) is 67.9 Å². The molecule has 0 unspecified atom stereocenters. The number of esters is 3.